The van der Waals surface area contributed by atoms with Crippen LogP contribution >= 0.6 is 0 Å². The van der Waals surface area contributed by atoms with E-state index in [0.717, 1.165) is 24.7 Å². The molecule has 1 N–H and O–H groups in total. The van der Waals surface area contributed by atoms with Crippen LogP contribution in [0.1, 0.15) is 37.1 Å². The van der Waals surface area contributed by atoms with E-state index in [1.165, 1.54) is 31.2 Å². The highest BCUT2D eigenvalue weighted by Crippen LogP contribution is 2.17. The number of nitrogens with one attached hydrogen (secondary N) is 1. The van der Waals surface area contributed by atoms with E-state index in [1.54, 1.807) is 0 Å². The topological polar surface area (TPSA) is 54.2 Å². The Kier molecular flexibility index (Phi) is 4.38. The van der Waals surface area contributed by atoms with Gasteiger partial charge in [-0.3, -0.25) is 0 Å². The Balaban J connectivity index is 1.58. The van der Waals surface area contributed by atoms with Gasteiger partial charge in [-0.05, 0) is 37.1 Å². The van der Waals surface area contributed by atoms with Crippen LogP contribution in [-0.2, 0) is 6.54 Å². The lowest BCUT2D eigenvalue weighted by Gasteiger charge is -2.16. The fourth-order valence-electron chi connectivity index (χ4n) is 2.57. The molecule has 5 heteroatoms. The molecule has 112 valence electrons. The van der Waals surface area contributed by atoms with Crippen LogP contribution in [0.3, 0.4) is 0 Å². The molecule has 0 unspecified atom stereocenters. The zero-order valence-electron chi connectivity index (χ0n) is 12.5. The molecular formula is C16H22N4O. The molecule has 1 aliphatic rings. The summed E-state index contributed by atoms with van der Waals surface area (Å²) in [5.74, 6) is 1.37. The maximum Gasteiger partial charge on any atom is 0.266 e. The van der Waals surface area contributed by atoms with Crippen molar-refractivity contribution in [3.63, 3.8) is 0 Å². The molecule has 1 aromatic heterocycles. The molecule has 1 saturated heterocycles. The number of aryl methyl sites for hydroxylation is 1. The lowest BCUT2D eigenvalue weighted by molar-refractivity contribution is 0.382. The van der Waals surface area contributed by atoms with Crippen molar-refractivity contribution in [2.45, 2.75) is 39.2 Å². The lowest BCUT2D eigenvalue weighted by Crippen LogP contribution is -2.25. The molecule has 5 nitrogen and oxygen atoms in total. The van der Waals surface area contributed by atoms with Gasteiger partial charge >= 0.3 is 0 Å². The van der Waals surface area contributed by atoms with Gasteiger partial charge in [0.15, 0.2) is 0 Å². The molecule has 2 heterocycles. The molecule has 21 heavy (non-hydrogen) atoms. The molecule has 0 saturated carbocycles. The molecule has 0 aliphatic carbocycles. The standard InChI is InChI=1S/C16H22N4O/c1-13-6-8-14(9-7-13)17-12-15-18-16(19-21-15)20-10-4-2-3-5-11-20/h6-9,17H,2-5,10-12H2,1H3. The van der Waals surface area contributed by atoms with E-state index >= 15 is 0 Å². The van der Waals surface area contributed by atoms with E-state index in [2.05, 4.69) is 51.5 Å². The van der Waals surface area contributed by atoms with Crippen molar-refractivity contribution in [2.24, 2.45) is 0 Å². The third kappa shape index (κ3) is 3.74. The van der Waals surface area contributed by atoms with Gasteiger partial charge in [-0.2, -0.15) is 4.98 Å². The fourth-order valence-corrected chi connectivity index (χ4v) is 2.57. The van der Waals surface area contributed by atoms with Crippen LogP contribution in [0.15, 0.2) is 28.8 Å². The van der Waals surface area contributed by atoms with Crippen LogP contribution in [0.4, 0.5) is 11.6 Å². The first-order chi connectivity index (χ1) is 10.3. The molecule has 1 fully saturated rings. The normalized spacial score (nSPS) is 15.8. The SMILES string of the molecule is Cc1ccc(NCc2nc(N3CCCCCC3)no2)cc1. The van der Waals surface area contributed by atoms with Crippen molar-refractivity contribution in [1.82, 2.24) is 10.1 Å². The van der Waals surface area contributed by atoms with Gasteiger partial charge in [0.2, 0.25) is 5.89 Å². The fraction of sp³-hybridized carbons (Fsp3) is 0.500. The quantitative estimate of drug-likeness (QED) is 0.934. The molecular weight excluding hydrogens is 264 g/mol. The third-order valence-electron chi connectivity index (χ3n) is 3.84. The number of nitrogens with zero attached hydrogens (tertiary/aromatic N) is 3. The maximum absolute atomic E-state index is 5.34. The second kappa shape index (κ2) is 6.61. The summed E-state index contributed by atoms with van der Waals surface area (Å²) in [7, 11) is 0. The van der Waals surface area contributed by atoms with Gasteiger partial charge in [0.25, 0.3) is 5.95 Å². The van der Waals surface area contributed by atoms with E-state index < -0.39 is 0 Å². The number of rotatable bonds is 4. The molecule has 0 atom stereocenters. The number of aromatic nitrogens is 2. The second-order valence-corrected chi connectivity index (χ2v) is 5.61. The van der Waals surface area contributed by atoms with Crippen molar-refractivity contribution in [3.8, 4) is 0 Å². The summed E-state index contributed by atoms with van der Waals surface area (Å²) in [6.07, 6.45) is 5.03. The summed E-state index contributed by atoms with van der Waals surface area (Å²) in [6.45, 7) is 4.70. The molecule has 3 rings (SSSR count). The molecule has 1 aliphatic heterocycles. The van der Waals surface area contributed by atoms with Gasteiger partial charge in [-0.1, -0.05) is 30.5 Å². The largest absolute Gasteiger partial charge is 0.376 e. The summed E-state index contributed by atoms with van der Waals surface area (Å²) in [6, 6.07) is 8.28. The van der Waals surface area contributed by atoms with Gasteiger partial charge in [0.1, 0.15) is 0 Å². The van der Waals surface area contributed by atoms with Crippen LogP contribution in [-0.4, -0.2) is 23.2 Å². The first-order valence-corrected chi connectivity index (χ1v) is 7.69. The van der Waals surface area contributed by atoms with Gasteiger partial charge < -0.3 is 14.7 Å². The number of hydrogen-bond acceptors (Lipinski definition) is 5. The Hall–Kier alpha value is -2.04. The summed E-state index contributed by atoms with van der Waals surface area (Å²) in [5.41, 5.74) is 2.32. The Labute approximate surface area is 125 Å². The van der Waals surface area contributed by atoms with E-state index in [9.17, 15) is 0 Å². The van der Waals surface area contributed by atoms with E-state index in [0.29, 0.717) is 12.4 Å². The molecule has 2 aromatic rings. The molecule has 0 spiro atoms. The van der Waals surface area contributed by atoms with Gasteiger partial charge in [0, 0.05) is 18.8 Å². The van der Waals surface area contributed by atoms with E-state index in [-0.39, 0.29) is 0 Å². The van der Waals surface area contributed by atoms with Crippen molar-refractivity contribution >= 4 is 11.6 Å². The molecule has 0 bridgehead atoms. The number of hydrogen-bond donors (Lipinski definition) is 1. The molecule has 0 radical (unpaired) electrons. The van der Waals surface area contributed by atoms with Gasteiger partial charge in [-0.25, -0.2) is 0 Å². The Bertz CT molecular complexity index is 556. The Morgan fingerprint density at radius 3 is 2.52 bits per heavy atom. The number of anilines is 2. The lowest BCUT2D eigenvalue weighted by atomic mass is 10.2. The number of benzene rings is 1. The monoisotopic (exact) mass is 286 g/mol. The minimum Gasteiger partial charge on any atom is -0.376 e. The molecule has 0 amide bonds. The van der Waals surface area contributed by atoms with Gasteiger partial charge in [-0.15, -0.1) is 0 Å². The van der Waals surface area contributed by atoms with Crippen LogP contribution in [0.25, 0.3) is 0 Å². The van der Waals surface area contributed by atoms with Crippen molar-refractivity contribution in [2.75, 3.05) is 23.3 Å². The van der Waals surface area contributed by atoms with E-state index in [4.69, 9.17) is 4.52 Å². The summed E-state index contributed by atoms with van der Waals surface area (Å²) in [4.78, 5) is 6.72. The van der Waals surface area contributed by atoms with Crippen molar-refractivity contribution < 1.29 is 4.52 Å². The highest BCUT2D eigenvalue weighted by Gasteiger charge is 2.15. The summed E-state index contributed by atoms with van der Waals surface area (Å²) < 4.78 is 5.34. The first kappa shape index (κ1) is 13.9. The van der Waals surface area contributed by atoms with E-state index in [1.807, 2.05) is 0 Å². The van der Waals surface area contributed by atoms with Crippen LogP contribution in [0, 0.1) is 6.92 Å². The minimum absolute atomic E-state index is 0.559. The van der Waals surface area contributed by atoms with Crippen molar-refractivity contribution in [3.05, 3.63) is 35.7 Å². The minimum atomic E-state index is 0.559. The van der Waals surface area contributed by atoms with Crippen LogP contribution < -0.4 is 10.2 Å². The summed E-state index contributed by atoms with van der Waals surface area (Å²) >= 11 is 0. The molecule has 1 aromatic carbocycles. The zero-order valence-corrected chi connectivity index (χ0v) is 12.5. The highest BCUT2D eigenvalue weighted by atomic mass is 16.5. The first-order valence-electron chi connectivity index (χ1n) is 7.69. The second-order valence-electron chi connectivity index (χ2n) is 5.61. The average Bonchev–Trinajstić information content (AvgIpc) is 2.80. The van der Waals surface area contributed by atoms with Crippen LogP contribution in [0.5, 0.6) is 0 Å². The Morgan fingerprint density at radius 2 is 1.81 bits per heavy atom. The highest BCUT2D eigenvalue weighted by molar-refractivity contribution is 5.44. The maximum atomic E-state index is 5.34. The average molecular weight is 286 g/mol. The van der Waals surface area contributed by atoms with Crippen molar-refractivity contribution in [1.29, 1.82) is 0 Å². The Morgan fingerprint density at radius 1 is 1.10 bits per heavy atom. The predicted octanol–water partition coefficient (Wildman–Crippen LogP) is 3.37. The van der Waals surface area contributed by atoms with Crippen LogP contribution in [0.2, 0.25) is 0 Å². The third-order valence-corrected chi connectivity index (χ3v) is 3.84. The predicted molar refractivity (Wildman–Crippen MR) is 83.5 cm³/mol. The van der Waals surface area contributed by atoms with Gasteiger partial charge in [0.05, 0.1) is 6.54 Å². The smallest absolute Gasteiger partial charge is 0.266 e. The summed E-state index contributed by atoms with van der Waals surface area (Å²) in [5, 5.41) is 7.41. The zero-order chi connectivity index (χ0) is 14.5.